The number of non-ortho nitro benzene ring substituents is 1. The highest BCUT2D eigenvalue weighted by Crippen LogP contribution is 2.27. The molecule has 2 rings (SSSR count). The molecular formula is C16H17FN2O3. The number of nitro benzene ring substituents is 1. The maximum atomic E-state index is 13.1. The number of ether oxygens (including phenoxy) is 1. The summed E-state index contributed by atoms with van der Waals surface area (Å²) in [7, 11) is 0. The molecule has 2 aromatic rings. The minimum Gasteiger partial charge on any atom is -0.490 e. The van der Waals surface area contributed by atoms with Crippen LogP contribution in [0.4, 0.5) is 10.1 Å². The smallest absolute Gasteiger partial charge is 0.269 e. The van der Waals surface area contributed by atoms with Crippen molar-refractivity contribution in [3.05, 3.63) is 58.1 Å². The molecule has 22 heavy (non-hydrogen) atoms. The van der Waals surface area contributed by atoms with Gasteiger partial charge in [0.05, 0.1) is 4.92 Å². The maximum absolute atomic E-state index is 13.1. The summed E-state index contributed by atoms with van der Waals surface area (Å²) >= 11 is 0. The summed E-state index contributed by atoms with van der Waals surface area (Å²) in [4.78, 5) is 10.2. The molecule has 116 valence electrons. The second-order valence-corrected chi connectivity index (χ2v) is 4.98. The molecule has 0 heterocycles. The van der Waals surface area contributed by atoms with Crippen molar-refractivity contribution in [2.75, 3.05) is 13.2 Å². The van der Waals surface area contributed by atoms with Gasteiger partial charge in [-0.2, -0.15) is 0 Å². The summed E-state index contributed by atoms with van der Waals surface area (Å²) in [5.74, 6) is 0.546. The van der Waals surface area contributed by atoms with Crippen LogP contribution in [0, 0.1) is 17.0 Å². The van der Waals surface area contributed by atoms with Gasteiger partial charge in [-0.25, -0.2) is 4.39 Å². The third kappa shape index (κ3) is 4.02. The average Bonchev–Trinajstić information content (AvgIpc) is 2.52. The number of nitrogens with two attached hydrogens (primary N) is 1. The molecule has 0 unspecified atom stereocenters. The molecule has 2 aromatic carbocycles. The molecule has 0 bridgehead atoms. The molecule has 0 spiro atoms. The van der Waals surface area contributed by atoms with Gasteiger partial charge in [-0.3, -0.25) is 10.1 Å². The third-order valence-electron chi connectivity index (χ3n) is 3.15. The van der Waals surface area contributed by atoms with Crippen LogP contribution in [0.5, 0.6) is 5.75 Å². The van der Waals surface area contributed by atoms with Crippen molar-refractivity contribution in [3.63, 3.8) is 0 Å². The quantitative estimate of drug-likeness (QED) is 0.656. The number of benzene rings is 2. The van der Waals surface area contributed by atoms with Crippen LogP contribution in [-0.4, -0.2) is 24.2 Å². The van der Waals surface area contributed by atoms with Crippen molar-refractivity contribution >= 4 is 5.69 Å². The van der Waals surface area contributed by atoms with Crippen molar-refractivity contribution in [2.24, 2.45) is 5.73 Å². The molecule has 2 N–H and O–H groups in total. The first-order chi connectivity index (χ1) is 10.5. The SMILES string of the molecule is Cc1cc(OC[C@H](F)CN)cc(-c2ccc([N+](=O)[O-])cc2)c1. The highest BCUT2D eigenvalue weighted by molar-refractivity contribution is 5.67. The van der Waals surface area contributed by atoms with Crippen molar-refractivity contribution in [3.8, 4) is 16.9 Å². The van der Waals surface area contributed by atoms with Crippen LogP contribution in [0.25, 0.3) is 11.1 Å². The van der Waals surface area contributed by atoms with Crippen molar-refractivity contribution in [2.45, 2.75) is 13.1 Å². The van der Waals surface area contributed by atoms with Crippen LogP contribution in [-0.2, 0) is 0 Å². The van der Waals surface area contributed by atoms with Crippen LogP contribution >= 0.6 is 0 Å². The molecule has 6 heteroatoms. The average molecular weight is 304 g/mol. The first-order valence-corrected chi connectivity index (χ1v) is 6.83. The van der Waals surface area contributed by atoms with Crippen LogP contribution in [0.1, 0.15) is 5.56 Å². The van der Waals surface area contributed by atoms with Crippen molar-refractivity contribution < 1.29 is 14.1 Å². The summed E-state index contributed by atoms with van der Waals surface area (Å²) in [6.45, 7) is 1.72. The van der Waals surface area contributed by atoms with Gasteiger partial charge in [-0.1, -0.05) is 6.07 Å². The van der Waals surface area contributed by atoms with Gasteiger partial charge in [-0.15, -0.1) is 0 Å². The van der Waals surface area contributed by atoms with Gasteiger partial charge in [0, 0.05) is 18.7 Å². The van der Waals surface area contributed by atoms with E-state index in [2.05, 4.69) is 0 Å². The lowest BCUT2D eigenvalue weighted by Gasteiger charge is -2.11. The molecule has 1 atom stereocenters. The van der Waals surface area contributed by atoms with Gasteiger partial charge in [0.2, 0.25) is 0 Å². The molecule has 0 amide bonds. The Labute approximate surface area is 127 Å². The molecular weight excluding hydrogens is 287 g/mol. The molecule has 0 aromatic heterocycles. The molecule has 0 saturated carbocycles. The van der Waals surface area contributed by atoms with Crippen LogP contribution in [0.15, 0.2) is 42.5 Å². The molecule has 0 aliphatic heterocycles. The summed E-state index contributed by atoms with van der Waals surface area (Å²) in [5, 5.41) is 10.7. The highest BCUT2D eigenvalue weighted by Gasteiger charge is 2.08. The van der Waals surface area contributed by atoms with E-state index in [-0.39, 0.29) is 18.8 Å². The Bertz CT molecular complexity index is 659. The second-order valence-electron chi connectivity index (χ2n) is 4.98. The largest absolute Gasteiger partial charge is 0.490 e. The fraction of sp³-hybridized carbons (Fsp3) is 0.250. The van der Waals surface area contributed by atoms with Gasteiger partial charge < -0.3 is 10.5 Å². The van der Waals surface area contributed by atoms with Gasteiger partial charge in [0.15, 0.2) is 0 Å². The number of alkyl halides is 1. The lowest BCUT2D eigenvalue weighted by atomic mass is 10.0. The lowest BCUT2D eigenvalue weighted by molar-refractivity contribution is -0.384. The van der Waals surface area contributed by atoms with E-state index in [9.17, 15) is 14.5 Å². The van der Waals surface area contributed by atoms with Crippen LogP contribution in [0.3, 0.4) is 0 Å². The first-order valence-electron chi connectivity index (χ1n) is 6.83. The molecule has 5 nitrogen and oxygen atoms in total. The predicted octanol–water partition coefficient (Wildman–Crippen LogP) is 3.25. The minimum atomic E-state index is -1.21. The number of aryl methyl sites for hydroxylation is 1. The van der Waals surface area contributed by atoms with E-state index < -0.39 is 11.1 Å². The summed E-state index contributed by atoms with van der Waals surface area (Å²) in [6.07, 6.45) is -1.21. The summed E-state index contributed by atoms with van der Waals surface area (Å²) < 4.78 is 18.5. The zero-order valence-corrected chi connectivity index (χ0v) is 12.2. The standard InChI is InChI=1S/C16H17FN2O3/c1-11-6-13(8-16(7-11)22-10-14(17)9-18)12-2-4-15(5-3-12)19(20)21/h2-8,14H,9-10,18H2,1H3/t14-/m1/s1. The van der Waals surface area contributed by atoms with E-state index in [1.54, 1.807) is 24.3 Å². The second kappa shape index (κ2) is 7.00. The Hall–Kier alpha value is -2.47. The first kappa shape index (κ1) is 15.9. The van der Waals surface area contributed by atoms with Gasteiger partial charge in [0.1, 0.15) is 18.5 Å². The Kier molecular flexibility index (Phi) is 5.06. The van der Waals surface area contributed by atoms with E-state index >= 15 is 0 Å². The Morgan fingerprint density at radius 3 is 2.50 bits per heavy atom. The predicted molar refractivity (Wildman–Crippen MR) is 82.7 cm³/mol. The number of nitro groups is 1. The van der Waals surface area contributed by atoms with E-state index in [0.717, 1.165) is 16.7 Å². The number of hydrogen-bond acceptors (Lipinski definition) is 4. The van der Waals surface area contributed by atoms with Crippen molar-refractivity contribution in [1.29, 1.82) is 0 Å². The molecule has 0 fully saturated rings. The highest BCUT2D eigenvalue weighted by atomic mass is 19.1. The topological polar surface area (TPSA) is 78.4 Å². The fourth-order valence-electron chi connectivity index (χ4n) is 2.03. The van der Waals surface area contributed by atoms with E-state index in [1.165, 1.54) is 12.1 Å². The van der Waals surface area contributed by atoms with Gasteiger partial charge in [0.25, 0.3) is 5.69 Å². The summed E-state index contributed by atoms with van der Waals surface area (Å²) in [5.41, 5.74) is 7.89. The normalized spacial score (nSPS) is 12.0. The Morgan fingerprint density at radius 2 is 1.91 bits per heavy atom. The molecule has 0 radical (unpaired) electrons. The number of halogens is 1. The number of nitrogens with zero attached hydrogens (tertiary/aromatic N) is 1. The maximum Gasteiger partial charge on any atom is 0.269 e. The zero-order valence-electron chi connectivity index (χ0n) is 12.2. The third-order valence-corrected chi connectivity index (χ3v) is 3.15. The number of rotatable bonds is 6. The minimum absolute atomic E-state index is 0.0380. The van der Waals surface area contributed by atoms with Gasteiger partial charge in [-0.05, 0) is 47.9 Å². The van der Waals surface area contributed by atoms with E-state index in [4.69, 9.17) is 10.5 Å². The summed E-state index contributed by atoms with van der Waals surface area (Å²) in [6, 6.07) is 11.8. The van der Waals surface area contributed by atoms with E-state index in [0.29, 0.717) is 5.75 Å². The monoisotopic (exact) mass is 304 g/mol. The van der Waals surface area contributed by atoms with Crippen LogP contribution in [0.2, 0.25) is 0 Å². The van der Waals surface area contributed by atoms with Gasteiger partial charge >= 0.3 is 0 Å². The molecule has 0 aliphatic rings. The Balaban J connectivity index is 2.23. The fourth-order valence-corrected chi connectivity index (χ4v) is 2.03. The lowest BCUT2D eigenvalue weighted by Crippen LogP contribution is -2.22. The molecule has 0 aliphatic carbocycles. The Morgan fingerprint density at radius 1 is 1.23 bits per heavy atom. The van der Waals surface area contributed by atoms with E-state index in [1.807, 2.05) is 13.0 Å². The molecule has 0 saturated heterocycles. The number of hydrogen-bond donors (Lipinski definition) is 1. The van der Waals surface area contributed by atoms with Crippen molar-refractivity contribution in [1.82, 2.24) is 0 Å². The van der Waals surface area contributed by atoms with Crippen LogP contribution < -0.4 is 10.5 Å². The zero-order chi connectivity index (χ0) is 16.1.